The highest BCUT2D eigenvalue weighted by molar-refractivity contribution is 5.13. The molecule has 0 fully saturated rings. The molecule has 0 bridgehead atoms. The molecule has 0 saturated heterocycles. The Balaban J connectivity index is 2.11. The Morgan fingerprint density at radius 3 is 2.63 bits per heavy atom. The van der Waals surface area contributed by atoms with E-state index in [-0.39, 0.29) is 6.04 Å². The largest absolute Gasteiger partial charge is 0.465 e. The van der Waals surface area contributed by atoms with Crippen molar-refractivity contribution in [2.75, 3.05) is 13.6 Å². The highest BCUT2D eigenvalue weighted by Crippen LogP contribution is 2.22. The molecule has 4 nitrogen and oxygen atoms in total. The van der Waals surface area contributed by atoms with Crippen LogP contribution in [-0.4, -0.2) is 23.5 Å². The lowest BCUT2D eigenvalue weighted by molar-refractivity contribution is 0.209. The van der Waals surface area contributed by atoms with E-state index in [1.807, 2.05) is 51.2 Å². The molecule has 0 saturated carbocycles. The summed E-state index contributed by atoms with van der Waals surface area (Å²) in [5, 5.41) is 0. The number of pyridine rings is 1. The minimum Gasteiger partial charge on any atom is -0.465 e. The summed E-state index contributed by atoms with van der Waals surface area (Å²) in [6, 6.07) is 10.1. The smallest absolute Gasteiger partial charge is 0.122 e. The number of aromatic nitrogens is 1. The number of aryl methyl sites for hydroxylation is 2. The van der Waals surface area contributed by atoms with Crippen molar-refractivity contribution >= 4 is 0 Å². The SMILES string of the molecule is Cc1cccc(CN(C)C(CN)c2ccc(C)o2)n1. The topological polar surface area (TPSA) is 55.3 Å². The number of rotatable bonds is 5. The lowest BCUT2D eigenvalue weighted by atomic mass is 10.2. The molecule has 2 rings (SSSR count). The van der Waals surface area contributed by atoms with Gasteiger partial charge >= 0.3 is 0 Å². The minimum absolute atomic E-state index is 0.0796. The van der Waals surface area contributed by atoms with Crippen molar-refractivity contribution in [3.8, 4) is 0 Å². The fourth-order valence-electron chi connectivity index (χ4n) is 2.20. The monoisotopic (exact) mass is 259 g/mol. The molecule has 102 valence electrons. The predicted octanol–water partition coefficient (Wildman–Crippen LogP) is 2.42. The van der Waals surface area contributed by atoms with Crippen molar-refractivity contribution in [3.05, 3.63) is 53.2 Å². The van der Waals surface area contributed by atoms with Gasteiger partial charge in [0.2, 0.25) is 0 Å². The van der Waals surface area contributed by atoms with Crippen molar-refractivity contribution in [2.45, 2.75) is 26.4 Å². The average molecular weight is 259 g/mol. The molecule has 0 radical (unpaired) electrons. The van der Waals surface area contributed by atoms with Gasteiger partial charge in [0.15, 0.2) is 0 Å². The van der Waals surface area contributed by atoms with Crippen LogP contribution >= 0.6 is 0 Å². The van der Waals surface area contributed by atoms with Gasteiger partial charge in [0.05, 0.1) is 11.7 Å². The number of nitrogens with two attached hydrogens (primary N) is 1. The highest BCUT2D eigenvalue weighted by Gasteiger charge is 2.19. The first-order chi connectivity index (χ1) is 9.10. The van der Waals surface area contributed by atoms with Gasteiger partial charge in [-0.1, -0.05) is 6.07 Å². The summed E-state index contributed by atoms with van der Waals surface area (Å²) in [6.07, 6.45) is 0. The van der Waals surface area contributed by atoms with Gasteiger partial charge in [0, 0.05) is 18.8 Å². The van der Waals surface area contributed by atoms with Gasteiger partial charge in [-0.25, -0.2) is 0 Å². The van der Waals surface area contributed by atoms with Crippen LogP contribution in [0.4, 0.5) is 0 Å². The van der Waals surface area contributed by atoms with E-state index in [0.29, 0.717) is 6.54 Å². The van der Waals surface area contributed by atoms with E-state index in [1.165, 1.54) is 0 Å². The Hall–Kier alpha value is -1.65. The van der Waals surface area contributed by atoms with Gasteiger partial charge in [-0.3, -0.25) is 9.88 Å². The van der Waals surface area contributed by atoms with Crippen LogP contribution < -0.4 is 5.73 Å². The summed E-state index contributed by atoms with van der Waals surface area (Å²) in [5.41, 5.74) is 7.95. The van der Waals surface area contributed by atoms with Crippen molar-refractivity contribution in [1.82, 2.24) is 9.88 Å². The van der Waals surface area contributed by atoms with Crippen LogP contribution in [0.2, 0.25) is 0 Å². The maximum Gasteiger partial charge on any atom is 0.122 e. The van der Waals surface area contributed by atoms with Crippen molar-refractivity contribution in [3.63, 3.8) is 0 Å². The third-order valence-electron chi connectivity index (χ3n) is 3.20. The number of furan rings is 1. The van der Waals surface area contributed by atoms with Crippen LogP contribution in [-0.2, 0) is 6.54 Å². The van der Waals surface area contributed by atoms with Gasteiger partial charge in [0.25, 0.3) is 0 Å². The molecule has 1 unspecified atom stereocenters. The highest BCUT2D eigenvalue weighted by atomic mass is 16.3. The molecule has 2 aromatic rings. The molecule has 2 N–H and O–H groups in total. The van der Waals surface area contributed by atoms with Gasteiger partial charge in [-0.15, -0.1) is 0 Å². The molecule has 0 aliphatic rings. The summed E-state index contributed by atoms with van der Waals surface area (Å²) < 4.78 is 5.68. The lowest BCUT2D eigenvalue weighted by Crippen LogP contribution is -2.30. The molecule has 2 aromatic heterocycles. The number of likely N-dealkylation sites (N-methyl/N-ethyl adjacent to an activating group) is 1. The third-order valence-corrected chi connectivity index (χ3v) is 3.20. The van der Waals surface area contributed by atoms with Gasteiger partial charge in [-0.2, -0.15) is 0 Å². The fourth-order valence-corrected chi connectivity index (χ4v) is 2.20. The summed E-state index contributed by atoms with van der Waals surface area (Å²) in [7, 11) is 2.04. The third kappa shape index (κ3) is 3.43. The van der Waals surface area contributed by atoms with Crippen molar-refractivity contribution in [2.24, 2.45) is 5.73 Å². The molecular weight excluding hydrogens is 238 g/mol. The summed E-state index contributed by atoms with van der Waals surface area (Å²) in [4.78, 5) is 6.68. The van der Waals surface area contributed by atoms with Crippen molar-refractivity contribution in [1.29, 1.82) is 0 Å². The number of hydrogen-bond donors (Lipinski definition) is 1. The van der Waals surface area contributed by atoms with E-state index in [0.717, 1.165) is 29.5 Å². The minimum atomic E-state index is 0.0796. The van der Waals surface area contributed by atoms with Crippen LogP contribution in [0, 0.1) is 13.8 Å². The quantitative estimate of drug-likeness (QED) is 0.896. The second-order valence-corrected chi connectivity index (χ2v) is 4.89. The van der Waals surface area contributed by atoms with Crippen LogP contribution in [0.5, 0.6) is 0 Å². The summed E-state index contributed by atoms with van der Waals surface area (Å²) in [5.74, 6) is 1.82. The average Bonchev–Trinajstić information content (AvgIpc) is 2.76. The second-order valence-electron chi connectivity index (χ2n) is 4.89. The zero-order valence-electron chi connectivity index (χ0n) is 11.8. The Morgan fingerprint density at radius 2 is 2.05 bits per heavy atom. The zero-order chi connectivity index (χ0) is 13.8. The number of hydrogen-bond acceptors (Lipinski definition) is 4. The standard InChI is InChI=1S/C15H21N3O/c1-11-5-4-6-13(17-11)10-18(3)14(9-16)15-8-7-12(2)19-15/h4-8,14H,9-10,16H2,1-3H3. The van der Waals surface area contributed by atoms with Crippen LogP contribution in [0.1, 0.15) is 29.0 Å². The van der Waals surface area contributed by atoms with Gasteiger partial charge in [0.1, 0.15) is 11.5 Å². The molecule has 0 amide bonds. The molecule has 0 spiro atoms. The maximum atomic E-state index is 5.88. The van der Waals surface area contributed by atoms with Gasteiger partial charge in [-0.05, 0) is 45.2 Å². The van der Waals surface area contributed by atoms with E-state index in [2.05, 4.69) is 9.88 Å². The molecule has 0 aliphatic heterocycles. The predicted molar refractivity (Wildman–Crippen MR) is 75.7 cm³/mol. The zero-order valence-corrected chi connectivity index (χ0v) is 11.8. The van der Waals surface area contributed by atoms with E-state index in [9.17, 15) is 0 Å². The van der Waals surface area contributed by atoms with Crippen LogP contribution in [0.3, 0.4) is 0 Å². The first-order valence-corrected chi connectivity index (χ1v) is 6.49. The Morgan fingerprint density at radius 1 is 1.26 bits per heavy atom. The van der Waals surface area contributed by atoms with E-state index in [4.69, 9.17) is 10.2 Å². The Kier molecular flexibility index (Phi) is 4.35. The molecule has 0 aromatic carbocycles. The lowest BCUT2D eigenvalue weighted by Gasteiger charge is -2.25. The summed E-state index contributed by atoms with van der Waals surface area (Å²) in [6.45, 7) is 5.22. The van der Waals surface area contributed by atoms with Crippen LogP contribution in [0.25, 0.3) is 0 Å². The van der Waals surface area contributed by atoms with Crippen LogP contribution in [0.15, 0.2) is 34.7 Å². The Bertz CT molecular complexity index is 536. The second kappa shape index (κ2) is 5.99. The van der Waals surface area contributed by atoms with E-state index >= 15 is 0 Å². The number of nitrogens with zero attached hydrogens (tertiary/aromatic N) is 2. The molecule has 2 heterocycles. The van der Waals surface area contributed by atoms with E-state index < -0.39 is 0 Å². The van der Waals surface area contributed by atoms with Gasteiger partial charge < -0.3 is 10.2 Å². The fraction of sp³-hybridized carbons (Fsp3) is 0.400. The first-order valence-electron chi connectivity index (χ1n) is 6.49. The first kappa shape index (κ1) is 13.8. The van der Waals surface area contributed by atoms with E-state index in [1.54, 1.807) is 0 Å². The molecule has 19 heavy (non-hydrogen) atoms. The Labute approximate surface area is 114 Å². The maximum absolute atomic E-state index is 5.88. The molecule has 0 aliphatic carbocycles. The summed E-state index contributed by atoms with van der Waals surface area (Å²) >= 11 is 0. The molecule has 4 heteroatoms. The van der Waals surface area contributed by atoms with Crippen molar-refractivity contribution < 1.29 is 4.42 Å². The molecule has 1 atom stereocenters. The normalized spacial score (nSPS) is 12.9. The molecular formula is C15H21N3O.